The van der Waals surface area contributed by atoms with Crippen molar-refractivity contribution in [1.29, 1.82) is 0 Å². The van der Waals surface area contributed by atoms with Crippen LogP contribution < -0.4 is 5.32 Å². The van der Waals surface area contributed by atoms with Crippen molar-refractivity contribution in [1.82, 2.24) is 10.2 Å². The predicted octanol–water partition coefficient (Wildman–Crippen LogP) is 0.308. The van der Waals surface area contributed by atoms with Crippen LogP contribution in [-0.4, -0.2) is 47.6 Å². The Hall–Kier alpha value is -1.10. The molecule has 0 aromatic carbocycles. The Morgan fingerprint density at radius 2 is 2.19 bits per heavy atom. The van der Waals surface area contributed by atoms with Crippen molar-refractivity contribution < 1.29 is 14.7 Å². The van der Waals surface area contributed by atoms with E-state index in [9.17, 15) is 9.59 Å². The summed E-state index contributed by atoms with van der Waals surface area (Å²) in [6.07, 6.45) is 1.27. The first-order valence-electron chi connectivity index (χ1n) is 5.79. The summed E-state index contributed by atoms with van der Waals surface area (Å²) in [6, 6.07) is -0.422. The maximum Gasteiger partial charge on any atom is 0.321 e. The molecule has 1 heterocycles. The van der Waals surface area contributed by atoms with Gasteiger partial charge in [-0.05, 0) is 25.8 Å². The number of amides is 1. The summed E-state index contributed by atoms with van der Waals surface area (Å²) in [4.78, 5) is 24.2. The molecule has 0 saturated carbocycles. The molecule has 5 heteroatoms. The monoisotopic (exact) mass is 228 g/mol. The second kappa shape index (κ2) is 5.84. The van der Waals surface area contributed by atoms with Gasteiger partial charge in [-0.3, -0.25) is 14.5 Å². The number of nitrogens with zero attached hydrogens (tertiary/aromatic N) is 1. The molecule has 2 N–H and O–H groups in total. The van der Waals surface area contributed by atoms with Gasteiger partial charge in [-0.15, -0.1) is 0 Å². The zero-order valence-electron chi connectivity index (χ0n) is 9.90. The molecule has 0 spiro atoms. The summed E-state index contributed by atoms with van der Waals surface area (Å²) in [5.41, 5.74) is 0. The zero-order valence-corrected chi connectivity index (χ0v) is 9.90. The lowest BCUT2D eigenvalue weighted by Crippen LogP contribution is -2.40. The van der Waals surface area contributed by atoms with Crippen molar-refractivity contribution >= 4 is 11.9 Å². The molecule has 0 aromatic heterocycles. The fourth-order valence-electron chi connectivity index (χ4n) is 2.21. The molecule has 2 atom stereocenters. The number of carboxylic acids is 1. The van der Waals surface area contributed by atoms with Gasteiger partial charge in [0.2, 0.25) is 5.91 Å². The van der Waals surface area contributed by atoms with Crippen molar-refractivity contribution in [2.45, 2.75) is 32.7 Å². The molecule has 1 rings (SSSR count). The molecule has 0 bridgehead atoms. The van der Waals surface area contributed by atoms with Crippen LogP contribution in [0.1, 0.15) is 26.7 Å². The molecular weight excluding hydrogens is 208 g/mol. The van der Waals surface area contributed by atoms with Gasteiger partial charge in [-0.2, -0.15) is 0 Å². The minimum Gasteiger partial charge on any atom is -0.480 e. The highest BCUT2D eigenvalue weighted by molar-refractivity contribution is 5.76. The van der Waals surface area contributed by atoms with Crippen molar-refractivity contribution in [3.63, 3.8) is 0 Å². The van der Waals surface area contributed by atoms with Crippen LogP contribution >= 0.6 is 0 Å². The molecule has 0 radical (unpaired) electrons. The van der Waals surface area contributed by atoms with Crippen LogP contribution in [0.2, 0.25) is 0 Å². The lowest BCUT2D eigenvalue weighted by Gasteiger charge is -2.22. The number of carbonyl (C=O) groups is 2. The van der Waals surface area contributed by atoms with Gasteiger partial charge in [-0.25, -0.2) is 0 Å². The molecule has 92 valence electrons. The van der Waals surface area contributed by atoms with Gasteiger partial charge >= 0.3 is 5.97 Å². The lowest BCUT2D eigenvalue weighted by molar-refractivity contribution is -0.143. The number of rotatable bonds is 5. The molecule has 2 unspecified atom stereocenters. The second-order valence-electron chi connectivity index (χ2n) is 4.29. The number of aliphatic carboxylic acids is 1. The first-order chi connectivity index (χ1) is 7.56. The molecule has 1 fully saturated rings. The van der Waals surface area contributed by atoms with Crippen LogP contribution in [0.5, 0.6) is 0 Å². The van der Waals surface area contributed by atoms with E-state index in [0.29, 0.717) is 19.5 Å². The van der Waals surface area contributed by atoms with Gasteiger partial charge in [-0.1, -0.05) is 6.92 Å². The van der Waals surface area contributed by atoms with Crippen molar-refractivity contribution in [2.75, 3.05) is 19.6 Å². The van der Waals surface area contributed by atoms with Gasteiger partial charge < -0.3 is 10.4 Å². The molecule has 1 amide bonds. The Labute approximate surface area is 95.8 Å². The molecule has 0 aromatic rings. The Kier molecular flexibility index (Phi) is 4.73. The molecule has 1 aliphatic rings. The van der Waals surface area contributed by atoms with Crippen molar-refractivity contribution in [3.8, 4) is 0 Å². The zero-order chi connectivity index (χ0) is 12.1. The Morgan fingerprint density at radius 1 is 1.50 bits per heavy atom. The van der Waals surface area contributed by atoms with E-state index in [-0.39, 0.29) is 11.8 Å². The normalized spacial score (nSPS) is 25.6. The molecular formula is C11H20N2O3. The minimum absolute atomic E-state index is 0.00816. The molecule has 0 aliphatic carbocycles. The Bertz CT molecular complexity index is 268. The second-order valence-corrected chi connectivity index (χ2v) is 4.29. The quantitative estimate of drug-likeness (QED) is 0.710. The minimum atomic E-state index is -0.777. The maximum absolute atomic E-state index is 11.3. The summed E-state index contributed by atoms with van der Waals surface area (Å²) in [7, 11) is 0. The average Bonchev–Trinajstić information content (AvgIpc) is 2.57. The van der Waals surface area contributed by atoms with E-state index in [1.54, 1.807) is 0 Å². The van der Waals surface area contributed by atoms with Crippen LogP contribution in [0.3, 0.4) is 0 Å². The third kappa shape index (κ3) is 3.20. The average molecular weight is 228 g/mol. The maximum atomic E-state index is 11.3. The van der Waals surface area contributed by atoms with Crippen LogP contribution in [0.4, 0.5) is 0 Å². The number of nitrogens with one attached hydrogen (secondary N) is 1. The SMILES string of the molecule is CCNC(=O)CCN1CCC(C)C1C(=O)O. The fraction of sp³-hybridized carbons (Fsp3) is 0.818. The summed E-state index contributed by atoms with van der Waals surface area (Å²) in [6.45, 7) is 5.75. The highest BCUT2D eigenvalue weighted by atomic mass is 16.4. The summed E-state index contributed by atoms with van der Waals surface area (Å²) < 4.78 is 0. The van der Waals surface area contributed by atoms with E-state index >= 15 is 0 Å². The standard InChI is InChI=1S/C11H20N2O3/c1-3-12-9(14)5-7-13-6-4-8(2)10(13)11(15)16/h8,10H,3-7H2,1-2H3,(H,12,14)(H,15,16). The predicted molar refractivity (Wildman–Crippen MR) is 60.1 cm³/mol. The van der Waals surface area contributed by atoms with Gasteiger partial charge in [0.25, 0.3) is 0 Å². The van der Waals surface area contributed by atoms with Crippen LogP contribution in [0.15, 0.2) is 0 Å². The van der Waals surface area contributed by atoms with E-state index in [4.69, 9.17) is 5.11 Å². The van der Waals surface area contributed by atoms with Gasteiger partial charge in [0.1, 0.15) is 6.04 Å². The first kappa shape index (κ1) is 13.0. The Morgan fingerprint density at radius 3 is 2.75 bits per heavy atom. The number of carbonyl (C=O) groups excluding carboxylic acids is 1. The number of carboxylic acid groups (broad SMARTS) is 1. The van der Waals surface area contributed by atoms with Crippen LogP contribution in [0.25, 0.3) is 0 Å². The van der Waals surface area contributed by atoms with E-state index in [1.807, 2.05) is 18.7 Å². The summed E-state index contributed by atoms with van der Waals surface area (Å²) in [5.74, 6) is -0.612. The van der Waals surface area contributed by atoms with Crippen molar-refractivity contribution in [3.05, 3.63) is 0 Å². The number of likely N-dealkylation sites (tertiary alicyclic amines) is 1. The first-order valence-corrected chi connectivity index (χ1v) is 5.79. The third-order valence-corrected chi connectivity index (χ3v) is 3.06. The molecule has 1 aliphatic heterocycles. The number of hydrogen-bond acceptors (Lipinski definition) is 3. The van der Waals surface area contributed by atoms with Crippen molar-refractivity contribution in [2.24, 2.45) is 5.92 Å². The highest BCUT2D eigenvalue weighted by Crippen LogP contribution is 2.23. The summed E-state index contributed by atoms with van der Waals surface area (Å²) in [5, 5.41) is 11.8. The van der Waals surface area contributed by atoms with Gasteiger partial charge in [0, 0.05) is 19.5 Å². The number of hydrogen-bond donors (Lipinski definition) is 2. The van der Waals surface area contributed by atoms with Gasteiger partial charge in [0.05, 0.1) is 0 Å². The fourth-order valence-corrected chi connectivity index (χ4v) is 2.21. The van der Waals surface area contributed by atoms with Crippen LogP contribution in [0, 0.1) is 5.92 Å². The largest absolute Gasteiger partial charge is 0.480 e. The van der Waals surface area contributed by atoms with E-state index in [1.165, 1.54) is 0 Å². The third-order valence-electron chi connectivity index (χ3n) is 3.06. The smallest absolute Gasteiger partial charge is 0.321 e. The molecule has 5 nitrogen and oxygen atoms in total. The van der Waals surface area contributed by atoms with E-state index in [0.717, 1.165) is 13.0 Å². The summed E-state index contributed by atoms with van der Waals surface area (Å²) >= 11 is 0. The van der Waals surface area contributed by atoms with Gasteiger partial charge in [0.15, 0.2) is 0 Å². The molecule has 16 heavy (non-hydrogen) atoms. The van der Waals surface area contributed by atoms with Crippen LogP contribution in [-0.2, 0) is 9.59 Å². The molecule has 1 saturated heterocycles. The highest BCUT2D eigenvalue weighted by Gasteiger charge is 2.36. The van der Waals surface area contributed by atoms with E-state index in [2.05, 4.69) is 5.32 Å². The van der Waals surface area contributed by atoms with E-state index < -0.39 is 12.0 Å². The topological polar surface area (TPSA) is 69.6 Å². The lowest BCUT2D eigenvalue weighted by atomic mass is 10.0. The Balaban J connectivity index is 2.42.